The van der Waals surface area contributed by atoms with Crippen molar-refractivity contribution in [2.75, 3.05) is 7.05 Å². The lowest BCUT2D eigenvalue weighted by Gasteiger charge is -2.37. The molecule has 0 aromatic heterocycles. The van der Waals surface area contributed by atoms with Crippen LogP contribution in [0, 0.1) is 5.41 Å². The summed E-state index contributed by atoms with van der Waals surface area (Å²) in [5.74, 6) is 0.0828. The molecule has 0 atom stereocenters. The van der Waals surface area contributed by atoms with Gasteiger partial charge in [-0.1, -0.05) is 44.7 Å². The number of nitrogens with two attached hydrogens (primary N) is 1. The van der Waals surface area contributed by atoms with E-state index in [0.717, 1.165) is 25.7 Å². The average Bonchev–Trinajstić information content (AvgIpc) is 2.98. The summed E-state index contributed by atoms with van der Waals surface area (Å²) in [7, 11) is 1.86. The molecule has 0 unspecified atom stereocenters. The van der Waals surface area contributed by atoms with Crippen LogP contribution in [-0.4, -0.2) is 34.9 Å². The summed E-state index contributed by atoms with van der Waals surface area (Å²) in [6.45, 7) is 4.05. The van der Waals surface area contributed by atoms with E-state index in [1.165, 1.54) is 12.8 Å². The van der Waals surface area contributed by atoms with Crippen molar-refractivity contribution in [2.45, 2.75) is 71.3 Å². The molecule has 1 fully saturated rings. The topological polar surface area (TPSA) is 78.9 Å². The Hall–Kier alpha value is -1.26. The van der Waals surface area contributed by atoms with Crippen molar-refractivity contribution in [2.24, 2.45) is 16.3 Å². The molecule has 1 amide bonds. The molecule has 0 bridgehead atoms. The maximum atomic E-state index is 13.0. The molecule has 20 heavy (non-hydrogen) atoms. The van der Waals surface area contributed by atoms with Gasteiger partial charge in [0.05, 0.1) is 0 Å². The van der Waals surface area contributed by atoms with Gasteiger partial charge in [0.2, 0.25) is 5.91 Å². The molecule has 0 aliphatic heterocycles. The van der Waals surface area contributed by atoms with Crippen LogP contribution < -0.4 is 5.73 Å². The highest BCUT2D eigenvalue weighted by Gasteiger charge is 2.44. The highest BCUT2D eigenvalue weighted by Crippen LogP contribution is 2.35. The highest BCUT2D eigenvalue weighted by molar-refractivity contribution is 6.06. The van der Waals surface area contributed by atoms with Gasteiger partial charge in [0.25, 0.3) is 0 Å². The summed E-state index contributed by atoms with van der Waals surface area (Å²) in [4.78, 5) is 14.8. The molecule has 0 aromatic carbocycles. The first-order valence-corrected chi connectivity index (χ1v) is 7.78. The Bertz CT molecular complexity index is 343. The molecule has 5 heteroatoms. The Morgan fingerprint density at radius 1 is 1.30 bits per heavy atom. The van der Waals surface area contributed by atoms with Crippen LogP contribution in [0.25, 0.3) is 0 Å². The van der Waals surface area contributed by atoms with Gasteiger partial charge in [0.1, 0.15) is 5.41 Å². The normalized spacial score (nSPS) is 17.4. The number of carbonyl (C=O) groups excluding carboxylic acids is 1. The Labute approximate surface area is 122 Å². The molecule has 1 rings (SSSR count). The molecule has 0 aromatic rings. The van der Waals surface area contributed by atoms with Crippen LogP contribution >= 0.6 is 0 Å². The number of nitrogens with zero attached hydrogens (tertiary/aromatic N) is 2. The molecular formula is C15H29N3O2. The van der Waals surface area contributed by atoms with E-state index in [1.807, 2.05) is 25.8 Å². The van der Waals surface area contributed by atoms with E-state index in [0.29, 0.717) is 18.9 Å². The van der Waals surface area contributed by atoms with E-state index in [4.69, 9.17) is 10.9 Å². The second kappa shape index (κ2) is 7.50. The summed E-state index contributed by atoms with van der Waals surface area (Å²) in [6, 6.07) is 0.307. The Kier molecular flexibility index (Phi) is 6.30. The molecule has 0 radical (unpaired) electrons. The minimum absolute atomic E-state index is 0.0170. The van der Waals surface area contributed by atoms with E-state index in [1.54, 1.807) is 0 Å². The second-order valence-corrected chi connectivity index (χ2v) is 5.92. The van der Waals surface area contributed by atoms with Crippen molar-refractivity contribution in [1.82, 2.24) is 4.90 Å². The largest absolute Gasteiger partial charge is 0.409 e. The summed E-state index contributed by atoms with van der Waals surface area (Å²) < 4.78 is 0. The highest BCUT2D eigenvalue weighted by atomic mass is 16.4. The third-order valence-electron chi connectivity index (χ3n) is 4.55. The third kappa shape index (κ3) is 3.25. The van der Waals surface area contributed by atoms with Crippen molar-refractivity contribution in [1.29, 1.82) is 0 Å². The smallest absolute Gasteiger partial charge is 0.236 e. The van der Waals surface area contributed by atoms with Crippen LogP contribution in [0.15, 0.2) is 5.16 Å². The van der Waals surface area contributed by atoms with Gasteiger partial charge in [-0.3, -0.25) is 4.79 Å². The Balaban J connectivity index is 3.03. The predicted molar refractivity (Wildman–Crippen MR) is 80.7 cm³/mol. The summed E-state index contributed by atoms with van der Waals surface area (Å²) in [6.07, 6.45) is 7.42. The van der Waals surface area contributed by atoms with Gasteiger partial charge >= 0.3 is 0 Å². The second-order valence-electron chi connectivity index (χ2n) is 5.92. The first-order chi connectivity index (χ1) is 9.53. The van der Waals surface area contributed by atoms with E-state index in [9.17, 15) is 4.79 Å². The minimum Gasteiger partial charge on any atom is -0.409 e. The summed E-state index contributed by atoms with van der Waals surface area (Å²) in [5.41, 5.74) is 5.08. The molecule has 1 aliphatic carbocycles. The molecule has 1 aliphatic rings. The minimum atomic E-state index is -0.838. The lowest BCUT2D eigenvalue weighted by molar-refractivity contribution is -0.140. The first kappa shape index (κ1) is 16.8. The Morgan fingerprint density at radius 3 is 2.20 bits per heavy atom. The van der Waals surface area contributed by atoms with Crippen LogP contribution in [0.2, 0.25) is 0 Å². The first-order valence-electron chi connectivity index (χ1n) is 7.78. The van der Waals surface area contributed by atoms with Crippen molar-refractivity contribution < 1.29 is 10.0 Å². The van der Waals surface area contributed by atoms with Crippen molar-refractivity contribution >= 4 is 11.7 Å². The fraction of sp³-hybridized carbons (Fsp3) is 0.867. The van der Waals surface area contributed by atoms with Crippen LogP contribution in [0.1, 0.15) is 65.2 Å². The Morgan fingerprint density at radius 2 is 1.80 bits per heavy atom. The lowest BCUT2D eigenvalue weighted by Crippen LogP contribution is -2.52. The quantitative estimate of drug-likeness (QED) is 0.326. The number of amidine groups is 1. The van der Waals surface area contributed by atoms with Crippen LogP contribution in [0.4, 0.5) is 0 Å². The lowest BCUT2D eigenvalue weighted by atomic mass is 9.76. The van der Waals surface area contributed by atoms with Gasteiger partial charge in [-0.15, -0.1) is 0 Å². The fourth-order valence-electron chi connectivity index (χ4n) is 3.45. The van der Waals surface area contributed by atoms with Crippen molar-refractivity contribution in [3.63, 3.8) is 0 Å². The number of hydrogen-bond acceptors (Lipinski definition) is 3. The van der Waals surface area contributed by atoms with E-state index in [-0.39, 0.29) is 11.7 Å². The third-order valence-corrected chi connectivity index (χ3v) is 4.55. The fourth-order valence-corrected chi connectivity index (χ4v) is 3.45. The molecule has 0 heterocycles. The SMILES string of the molecule is CCCC(CCC)(C(=O)N(C)C1CCCC1)C(N)=NO. The molecule has 0 spiro atoms. The molecule has 3 N–H and O–H groups in total. The number of rotatable bonds is 7. The molecular weight excluding hydrogens is 254 g/mol. The number of hydrogen-bond donors (Lipinski definition) is 2. The summed E-state index contributed by atoms with van der Waals surface area (Å²) in [5, 5.41) is 12.3. The van der Waals surface area contributed by atoms with Gasteiger partial charge < -0.3 is 15.8 Å². The molecule has 0 saturated heterocycles. The monoisotopic (exact) mass is 283 g/mol. The summed E-state index contributed by atoms with van der Waals surface area (Å²) >= 11 is 0. The number of amides is 1. The average molecular weight is 283 g/mol. The molecule has 1 saturated carbocycles. The van der Waals surface area contributed by atoms with Crippen molar-refractivity contribution in [3.8, 4) is 0 Å². The van der Waals surface area contributed by atoms with Crippen molar-refractivity contribution in [3.05, 3.63) is 0 Å². The van der Waals surface area contributed by atoms with Crippen LogP contribution in [0.3, 0.4) is 0 Å². The van der Waals surface area contributed by atoms with Gasteiger partial charge in [-0.25, -0.2) is 0 Å². The van der Waals surface area contributed by atoms with E-state index >= 15 is 0 Å². The zero-order valence-corrected chi connectivity index (χ0v) is 13.1. The predicted octanol–water partition coefficient (Wildman–Crippen LogP) is 2.72. The van der Waals surface area contributed by atoms with Crippen LogP contribution in [0.5, 0.6) is 0 Å². The zero-order chi connectivity index (χ0) is 15.2. The maximum absolute atomic E-state index is 13.0. The van der Waals surface area contributed by atoms with Gasteiger partial charge in [0, 0.05) is 13.1 Å². The van der Waals surface area contributed by atoms with E-state index < -0.39 is 5.41 Å². The number of oxime groups is 1. The van der Waals surface area contributed by atoms with Gasteiger partial charge in [-0.05, 0) is 25.7 Å². The van der Waals surface area contributed by atoms with Gasteiger partial charge in [-0.2, -0.15) is 0 Å². The van der Waals surface area contributed by atoms with E-state index in [2.05, 4.69) is 5.16 Å². The van der Waals surface area contributed by atoms with Crippen LogP contribution in [-0.2, 0) is 4.79 Å². The zero-order valence-electron chi connectivity index (χ0n) is 13.1. The number of carbonyl (C=O) groups is 1. The molecule has 116 valence electrons. The standard InChI is InChI=1S/C15H29N3O2/c1-4-10-15(11-5-2,13(16)17-20)14(19)18(3)12-8-6-7-9-12/h12,20H,4-11H2,1-3H3,(H2,16,17). The van der Waals surface area contributed by atoms with Gasteiger partial charge in [0.15, 0.2) is 5.84 Å². The molecule has 5 nitrogen and oxygen atoms in total. The maximum Gasteiger partial charge on any atom is 0.236 e.